The van der Waals surface area contributed by atoms with Gasteiger partial charge in [0.2, 0.25) is 0 Å². The van der Waals surface area contributed by atoms with Crippen molar-refractivity contribution in [1.29, 1.82) is 0 Å². The molecule has 0 spiro atoms. The highest BCUT2D eigenvalue weighted by molar-refractivity contribution is 5.97. The maximum atomic E-state index is 12.9. The van der Waals surface area contributed by atoms with Gasteiger partial charge in [-0.2, -0.15) is 5.10 Å². The second-order valence-corrected chi connectivity index (χ2v) is 8.30. The number of nitrogens with one attached hydrogen (secondary N) is 1. The van der Waals surface area contributed by atoms with Gasteiger partial charge in [-0.15, -0.1) is 0 Å². The zero-order valence-corrected chi connectivity index (χ0v) is 18.4. The van der Waals surface area contributed by atoms with E-state index >= 15 is 0 Å². The number of anilines is 1. The predicted molar refractivity (Wildman–Crippen MR) is 125 cm³/mol. The molecule has 4 rings (SSSR count). The Balaban J connectivity index is 1.26. The lowest BCUT2D eigenvalue weighted by Gasteiger charge is -2.36. The summed E-state index contributed by atoms with van der Waals surface area (Å²) >= 11 is 0. The van der Waals surface area contributed by atoms with Crippen LogP contribution in [0.2, 0.25) is 0 Å². The quantitative estimate of drug-likeness (QED) is 0.639. The van der Waals surface area contributed by atoms with Crippen molar-refractivity contribution >= 4 is 11.6 Å². The van der Waals surface area contributed by atoms with E-state index in [1.54, 1.807) is 10.9 Å². The van der Waals surface area contributed by atoms with Gasteiger partial charge in [-0.25, -0.2) is 4.68 Å². The summed E-state index contributed by atoms with van der Waals surface area (Å²) in [5.41, 5.74) is 4.06. The molecule has 2 heterocycles. The number of nitrogens with zero attached hydrogens (tertiary/aromatic N) is 4. The van der Waals surface area contributed by atoms with Crippen LogP contribution in [-0.2, 0) is 0 Å². The van der Waals surface area contributed by atoms with E-state index in [4.69, 9.17) is 0 Å². The number of benzene rings is 2. The molecule has 1 fully saturated rings. The zero-order chi connectivity index (χ0) is 21.6. The molecule has 1 unspecified atom stereocenters. The molecule has 0 saturated carbocycles. The first kappa shape index (κ1) is 21.1. The van der Waals surface area contributed by atoms with E-state index in [-0.39, 0.29) is 11.9 Å². The number of para-hydroxylation sites is 1. The highest BCUT2D eigenvalue weighted by Gasteiger charge is 2.19. The Morgan fingerprint density at radius 2 is 1.87 bits per heavy atom. The van der Waals surface area contributed by atoms with E-state index in [2.05, 4.69) is 58.3 Å². The minimum Gasteiger partial charge on any atom is -0.369 e. The van der Waals surface area contributed by atoms with Crippen LogP contribution in [0, 0.1) is 6.92 Å². The number of hydrogen-bond donors (Lipinski definition) is 1. The van der Waals surface area contributed by atoms with Crippen LogP contribution in [0.5, 0.6) is 0 Å². The van der Waals surface area contributed by atoms with Gasteiger partial charge in [0, 0.05) is 56.8 Å². The maximum Gasteiger partial charge on any atom is 0.253 e. The first-order valence-electron chi connectivity index (χ1n) is 11.0. The predicted octanol–water partition coefficient (Wildman–Crippen LogP) is 3.51. The minimum atomic E-state index is -0.0529. The molecular formula is C25H31N5O. The average molecular weight is 418 g/mol. The van der Waals surface area contributed by atoms with Gasteiger partial charge in [0.1, 0.15) is 0 Å². The molecule has 1 aliphatic heterocycles. The van der Waals surface area contributed by atoms with Crippen molar-refractivity contribution in [3.63, 3.8) is 0 Å². The van der Waals surface area contributed by atoms with Crippen LogP contribution in [0.1, 0.15) is 29.3 Å². The molecule has 1 aromatic heterocycles. The molecule has 1 saturated heterocycles. The van der Waals surface area contributed by atoms with Crippen molar-refractivity contribution in [2.24, 2.45) is 0 Å². The number of aryl methyl sites for hydroxylation is 1. The Morgan fingerprint density at radius 1 is 1.06 bits per heavy atom. The molecule has 6 heteroatoms. The van der Waals surface area contributed by atoms with Crippen LogP contribution in [0.4, 0.5) is 5.69 Å². The Labute approximate surface area is 184 Å². The van der Waals surface area contributed by atoms with Crippen LogP contribution in [-0.4, -0.2) is 59.4 Å². The lowest BCUT2D eigenvalue weighted by Crippen LogP contribution is -2.47. The van der Waals surface area contributed by atoms with E-state index in [1.165, 1.54) is 11.3 Å². The normalized spacial score (nSPS) is 15.6. The highest BCUT2D eigenvalue weighted by atomic mass is 16.1. The van der Waals surface area contributed by atoms with Gasteiger partial charge < -0.3 is 10.2 Å². The number of carbonyl (C=O) groups is 1. The molecule has 1 aliphatic rings. The standard InChI is InChI=1S/C25H31N5O/c1-20-7-5-8-22(19-20)29-17-15-28(16-18-29)14-11-21(2)27-25(31)23-9-3-4-10-24(23)30-13-6-12-26-30/h3-10,12-13,19,21H,11,14-18H2,1-2H3,(H,27,31). The second kappa shape index (κ2) is 9.79. The third-order valence-corrected chi connectivity index (χ3v) is 5.89. The Hall–Kier alpha value is -3.12. The summed E-state index contributed by atoms with van der Waals surface area (Å²) in [5, 5.41) is 7.43. The van der Waals surface area contributed by atoms with E-state index in [9.17, 15) is 4.79 Å². The van der Waals surface area contributed by atoms with Gasteiger partial charge in [-0.1, -0.05) is 24.3 Å². The first-order valence-corrected chi connectivity index (χ1v) is 11.0. The molecule has 6 nitrogen and oxygen atoms in total. The zero-order valence-electron chi connectivity index (χ0n) is 18.4. The van der Waals surface area contributed by atoms with Gasteiger partial charge >= 0.3 is 0 Å². The van der Waals surface area contributed by atoms with Crippen molar-refractivity contribution in [3.05, 3.63) is 78.1 Å². The molecule has 0 radical (unpaired) electrons. The summed E-state index contributed by atoms with van der Waals surface area (Å²) in [7, 11) is 0. The average Bonchev–Trinajstić information content (AvgIpc) is 3.33. The molecule has 0 bridgehead atoms. The van der Waals surface area contributed by atoms with Crippen LogP contribution < -0.4 is 10.2 Å². The van der Waals surface area contributed by atoms with Crippen LogP contribution in [0.15, 0.2) is 67.0 Å². The second-order valence-electron chi connectivity index (χ2n) is 8.30. The van der Waals surface area contributed by atoms with Gasteiger partial charge in [-0.3, -0.25) is 9.69 Å². The molecule has 2 aromatic carbocycles. The number of amides is 1. The van der Waals surface area contributed by atoms with Crippen LogP contribution in [0.3, 0.4) is 0 Å². The summed E-state index contributed by atoms with van der Waals surface area (Å²) in [6.45, 7) is 9.40. The topological polar surface area (TPSA) is 53.4 Å². The van der Waals surface area contributed by atoms with Crippen LogP contribution in [0.25, 0.3) is 5.69 Å². The number of hydrogen-bond acceptors (Lipinski definition) is 4. The molecule has 31 heavy (non-hydrogen) atoms. The van der Waals surface area contributed by atoms with Crippen molar-refractivity contribution in [2.75, 3.05) is 37.6 Å². The maximum absolute atomic E-state index is 12.9. The SMILES string of the molecule is Cc1cccc(N2CCN(CCC(C)NC(=O)c3ccccc3-n3cccn3)CC2)c1. The summed E-state index contributed by atoms with van der Waals surface area (Å²) in [4.78, 5) is 17.8. The van der Waals surface area contributed by atoms with E-state index in [1.807, 2.05) is 36.5 Å². The lowest BCUT2D eigenvalue weighted by atomic mass is 10.1. The third kappa shape index (κ3) is 5.33. The Morgan fingerprint density at radius 3 is 2.61 bits per heavy atom. The lowest BCUT2D eigenvalue weighted by molar-refractivity contribution is 0.0935. The molecular weight excluding hydrogens is 386 g/mol. The molecule has 162 valence electrons. The molecule has 1 atom stereocenters. The third-order valence-electron chi connectivity index (χ3n) is 5.89. The van der Waals surface area contributed by atoms with Gasteiger partial charge in [-0.05, 0) is 56.2 Å². The monoisotopic (exact) mass is 417 g/mol. The van der Waals surface area contributed by atoms with Gasteiger partial charge in [0.15, 0.2) is 0 Å². The minimum absolute atomic E-state index is 0.0529. The van der Waals surface area contributed by atoms with E-state index in [0.717, 1.165) is 44.8 Å². The van der Waals surface area contributed by atoms with Crippen LogP contribution >= 0.6 is 0 Å². The van der Waals surface area contributed by atoms with Crippen molar-refractivity contribution in [3.8, 4) is 5.69 Å². The fourth-order valence-electron chi connectivity index (χ4n) is 4.08. The smallest absolute Gasteiger partial charge is 0.253 e. The number of aromatic nitrogens is 2. The van der Waals surface area contributed by atoms with Crippen molar-refractivity contribution < 1.29 is 4.79 Å². The number of carbonyl (C=O) groups excluding carboxylic acids is 1. The fraction of sp³-hybridized carbons (Fsp3) is 0.360. The number of piperazine rings is 1. The summed E-state index contributed by atoms with van der Waals surface area (Å²) < 4.78 is 1.73. The summed E-state index contributed by atoms with van der Waals surface area (Å²) in [6, 6.07) is 18.3. The Kier molecular flexibility index (Phi) is 6.67. The van der Waals surface area contributed by atoms with Gasteiger partial charge in [0.25, 0.3) is 5.91 Å². The van der Waals surface area contributed by atoms with Crippen molar-refractivity contribution in [1.82, 2.24) is 20.0 Å². The molecule has 0 aliphatic carbocycles. The van der Waals surface area contributed by atoms with Gasteiger partial charge in [0.05, 0.1) is 11.3 Å². The number of rotatable bonds is 7. The molecule has 1 N–H and O–H groups in total. The van der Waals surface area contributed by atoms with Crippen molar-refractivity contribution in [2.45, 2.75) is 26.3 Å². The molecule has 1 amide bonds. The van der Waals surface area contributed by atoms with E-state index in [0.29, 0.717) is 5.56 Å². The highest BCUT2D eigenvalue weighted by Crippen LogP contribution is 2.18. The largest absolute Gasteiger partial charge is 0.369 e. The fourth-order valence-corrected chi connectivity index (χ4v) is 4.08. The summed E-state index contributed by atoms with van der Waals surface area (Å²) in [6.07, 6.45) is 4.50. The summed E-state index contributed by atoms with van der Waals surface area (Å²) in [5.74, 6) is -0.0529. The van der Waals surface area contributed by atoms with E-state index < -0.39 is 0 Å². The molecule has 3 aromatic rings. The Bertz CT molecular complexity index is 993. The first-order chi connectivity index (χ1) is 15.1.